The van der Waals surface area contributed by atoms with E-state index in [-0.39, 0.29) is 11.8 Å². The van der Waals surface area contributed by atoms with E-state index >= 15 is 0 Å². The Morgan fingerprint density at radius 2 is 1.69 bits per heavy atom. The number of nitrogens with one attached hydrogen (secondary N) is 1. The van der Waals surface area contributed by atoms with E-state index in [2.05, 4.69) is 20.4 Å². The molecule has 3 aromatic rings. The van der Waals surface area contributed by atoms with E-state index < -0.39 is 0 Å². The zero-order valence-corrected chi connectivity index (χ0v) is 18.5. The number of nitrogens with zero attached hydrogens (tertiary/aromatic N) is 5. The number of rotatable bonds is 5. The van der Waals surface area contributed by atoms with Gasteiger partial charge in [-0.25, -0.2) is 0 Å². The molecule has 1 fully saturated rings. The average molecular weight is 433 g/mol. The molecule has 0 atom stereocenters. The van der Waals surface area contributed by atoms with E-state index in [0.717, 1.165) is 37.4 Å². The first kappa shape index (κ1) is 21.7. The molecular formula is C24H28N6O2. The molecule has 1 saturated heterocycles. The molecule has 1 aliphatic rings. The summed E-state index contributed by atoms with van der Waals surface area (Å²) in [6, 6.07) is 17.5. The van der Waals surface area contributed by atoms with Crippen LogP contribution in [-0.2, 0) is 11.3 Å². The lowest BCUT2D eigenvalue weighted by atomic mass is 10.2. The third-order valence-corrected chi connectivity index (χ3v) is 5.53. The lowest BCUT2D eigenvalue weighted by Crippen LogP contribution is -2.35. The predicted octanol–water partition coefficient (Wildman–Crippen LogP) is 2.88. The zero-order valence-electron chi connectivity index (χ0n) is 18.5. The number of hydrogen-bond acceptors (Lipinski definition) is 5. The van der Waals surface area contributed by atoms with Crippen LogP contribution in [0.1, 0.15) is 35.1 Å². The normalized spacial score (nSPS) is 14.8. The van der Waals surface area contributed by atoms with Crippen molar-refractivity contribution in [1.82, 2.24) is 24.8 Å². The number of amides is 2. The van der Waals surface area contributed by atoms with Crippen molar-refractivity contribution in [3.05, 3.63) is 71.5 Å². The highest BCUT2D eigenvalue weighted by Crippen LogP contribution is 2.15. The monoisotopic (exact) mass is 432 g/mol. The molecule has 1 aromatic heterocycles. The van der Waals surface area contributed by atoms with Crippen molar-refractivity contribution in [3.63, 3.8) is 0 Å². The van der Waals surface area contributed by atoms with E-state index in [0.29, 0.717) is 24.5 Å². The molecule has 0 spiro atoms. The van der Waals surface area contributed by atoms with Gasteiger partial charge >= 0.3 is 0 Å². The van der Waals surface area contributed by atoms with Gasteiger partial charge in [0, 0.05) is 45.3 Å². The van der Waals surface area contributed by atoms with Crippen molar-refractivity contribution < 1.29 is 9.59 Å². The molecule has 0 saturated carbocycles. The summed E-state index contributed by atoms with van der Waals surface area (Å²) in [6.45, 7) is 7.22. The highest BCUT2D eigenvalue weighted by Gasteiger charge is 2.25. The smallest absolute Gasteiger partial charge is 0.276 e. The number of carbonyl (C=O) groups is 2. The number of hydrogen-bond donors (Lipinski definition) is 1. The SMILES string of the molecule is CC(=O)Nc1ccc(CN2CCCN(C(=O)c3nn(-c4ccccc4)nc3C)CC2)cc1. The molecule has 0 bridgehead atoms. The highest BCUT2D eigenvalue weighted by atomic mass is 16.2. The molecule has 4 rings (SSSR count). The highest BCUT2D eigenvalue weighted by molar-refractivity contribution is 5.93. The van der Waals surface area contributed by atoms with Crippen LogP contribution in [-0.4, -0.2) is 62.8 Å². The first-order valence-electron chi connectivity index (χ1n) is 10.9. The first-order chi connectivity index (χ1) is 15.5. The topological polar surface area (TPSA) is 83.4 Å². The second kappa shape index (κ2) is 9.74. The van der Waals surface area contributed by atoms with Crippen LogP contribution >= 0.6 is 0 Å². The molecule has 0 radical (unpaired) electrons. The number of carbonyl (C=O) groups excluding carboxylic acids is 2. The van der Waals surface area contributed by atoms with Crippen LogP contribution in [0.2, 0.25) is 0 Å². The Morgan fingerprint density at radius 3 is 2.41 bits per heavy atom. The molecule has 2 heterocycles. The van der Waals surface area contributed by atoms with Crippen LogP contribution in [0.4, 0.5) is 5.69 Å². The standard InChI is InChI=1S/C24H28N6O2/c1-18-23(27-30(26-18)22-7-4-3-5-8-22)24(32)29-14-6-13-28(15-16-29)17-20-9-11-21(12-10-20)25-19(2)31/h3-5,7-12H,6,13-17H2,1-2H3,(H,25,31). The van der Waals surface area contributed by atoms with Gasteiger partial charge in [0.25, 0.3) is 5.91 Å². The Labute approximate surface area is 187 Å². The van der Waals surface area contributed by atoms with Gasteiger partial charge in [-0.2, -0.15) is 9.90 Å². The van der Waals surface area contributed by atoms with Gasteiger partial charge in [-0.05, 0) is 43.2 Å². The summed E-state index contributed by atoms with van der Waals surface area (Å²) in [6.07, 6.45) is 0.904. The maximum Gasteiger partial charge on any atom is 0.276 e. The minimum Gasteiger partial charge on any atom is -0.336 e. The van der Waals surface area contributed by atoms with Crippen LogP contribution in [0.25, 0.3) is 5.69 Å². The van der Waals surface area contributed by atoms with Crippen molar-refractivity contribution in [1.29, 1.82) is 0 Å². The minimum atomic E-state index is -0.0749. The number of aromatic nitrogens is 3. The summed E-state index contributed by atoms with van der Waals surface area (Å²) in [5.41, 5.74) is 3.87. The van der Waals surface area contributed by atoms with Crippen molar-refractivity contribution in [2.75, 3.05) is 31.5 Å². The summed E-state index contributed by atoms with van der Waals surface area (Å²) in [7, 11) is 0. The number of para-hydroxylation sites is 1. The van der Waals surface area contributed by atoms with Gasteiger partial charge in [0.05, 0.1) is 11.4 Å². The molecule has 1 aliphatic heterocycles. The third kappa shape index (κ3) is 5.20. The Balaban J connectivity index is 1.37. The molecule has 8 nitrogen and oxygen atoms in total. The zero-order chi connectivity index (χ0) is 22.5. The summed E-state index contributed by atoms with van der Waals surface area (Å²) >= 11 is 0. The molecule has 166 valence electrons. The molecule has 32 heavy (non-hydrogen) atoms. The van der Waals surface area contributed by atoms with Gasteiger partial charge in [-0.1, -0.05) is 30.3 Å². The van der Waals surface area contributed by atoms with Crippen LogP contribution in [0, 0.1) is 6.92 Å². The van der Waals surface area contributed by atoms with Gasteiger partial charge < -0.3 is 10.2 Å². The summed E-state index contributed by atoms with van der Waals surface area (Å²) in [5, 5.41) is 11.7. The van der Waals surface area contributed by atoms with Crippen LogP contribution in [0.5, 0.6) is 0 Å². The maximum atomic E-state index is 13.2. The van der Waals surface area contributed by atoms with Crippen LogP contribution < -0.4 is 5.32 Å². The van der Waals surface area contributed by atoms with E-state index in [1.165, 1.54) is 17.3 Å². The maximum absolute atomic E-state index is 13.2. The van der Waals surface area contributed by atoms with E-state index in [9.17, 15) is 9.59 Å². The van der Waals surface area contributed by atoms with E-state index in [1.807, 2.05) is 66.4 Å². The van der Waals surface area contributed by atoms with E-state index in [4.69, 9.17) is 0 Å². The molecule has 0 unspecified atom stereocenters. The van der Waals surface area contributed by atoms with Crippen molar-refractivity contribution >= 4 is 17.5 Å². The fraction of sp³-hybridized carbons (Fsp3) is 0.333. The van der Waals surface area contributed by atoms with Gasteiger partial charge in [-0.3, -0.25) is 14.5 Å². The molecule has 2 aromatic carbocycles. The third-order valence-electron chi connectivity index (χ3n) is 5.53. The Bertz CT molecular complexity index is 1080. The molecule has 8 heteroatoms. The lowest BCUT2D eigenvalue weighted by Gasteiger charge is -2.21. The van der Waals surface area contributed by atoms with Gasteiger partial charge in [0.15, 0.2) is 5.69 Å². The van der Waals surface area contributed by atoms with Crippen LogP contribution in [0.15, 0.2) is 54.6 Å². The summed E-state index contributed by atoms with van der Waals surface area (Å²) in [4.78, 5) is 30.1. The van der Waals surface area contributed by atoms with Crippen molar-refractivity contribution in [3.8, 4) is 5.69 Å². The van der Waals surface area contributed by atoms with Gasteiger partial charge in [0.1, 0.15) is 0 Å². The number of benzene rings is 2. The number of aryl methyl sites for hydroxylation is 1. The quantitative estimate of drug-likeness (QED) is 0.670. The first-order valence-corrected chi connectivity index (χ1v) is 10.9. The predicted molar refractivity (Wildman–Crippen MR) is 123 cm³/mol. The second-order valence-corrected chi connectivity index (χ2v) is 8.06. The lowest BCUT2D eigenvalue weighted by molar-refractivity contribution is -0.114. The van der Waals surface area contributed by atoms with Crippen molar-refractivity contribution in [2.24, 2.45) is 0 Å². The summed E-state index contributed by atoms with van der Waals surface area (Å²) < 4.78 is 0. The summed E-state index contributed by atoms with van der Waals surface area (Å²) in [5.74, 6) is -0.139. The Morgan fingerprint density at radius 1 is 0.938 bits per heavy atom. The minimum absolute atomic E-state index is 0.0637. The van der Waals surface area contributed by atoms with E-state index in [1.54, 1.807) is 0 Å². The largest absolute Gasteiger partial charge is 0.336 e. The van der Waals surface area contributed by atoms with Gasteiger partial charge in [0.2, 0.25) is 5.91 Å². The average Bonchev–Trinajstić information content (AvgIpc) is 3.03. The Hall–Kier alpha value is -3.52. The second-order valence-electron chi connectivity index (χ2n) is 8.06. The fourth-order valence-electron chi connectivity index (χ4n) is 3.89. The molecule has 2 amide bonds. The molecule has 1 N–H and O–H groups in total. The molecule has 0 aliphatic carbocycles. The van der Waals surface area contributed by atoms with Crippen LogP contribution in [0.3, 0.4) is 0 Å². The molecular weight excluding hydrogens is 404 g/mol. The van der Waals surface area contributed by atoms with Gasteiger partial charge in [-0.15, -0.1) is 5.10 Å². The fourth-order valence-corrected chi connectivity index (χ4v) is 3.89. The van der Waals surface area contributed by atoms with Crippen molar-refractivity contribution in [2.45, 2.75) is 26.8 Å². The number of anilines is 1. The Kier molecular flexibility index (Phi) is 6.61.